The Labute approximate surface area is 388 Å². The molecule has 0 atom stereocenters. The van der Waals surface area contributed by atoms with Crippen LogP contribution in [0.1, 0.15) is 19.3 Å². The topological polar surface area (TPSA) is 435 Å². The average Bonchev–Trinajstić information content (AvgIpc) is 3.17. The fourth-order valence-electron chi connectivity index (χ4n) is 6.73. The zero-order valence-corrected chi connectivity index (χ0v) is 43.8. The van der Waals surface area contributed by atoms with Crippen molar-refractivity contribution in [2.45, 2.75) is 19.3 Å². The Kier molecular flexibility index (Phi) is 18.8. The zero-order valence-electron chi connectivity index (χ0n) is 33.7. The van der Waals surface area contributed by atoms with Gasteiger partial charge in [0.05, 0.1) is 12.3 Å². The van der Waals surface area contributed by atoms with Gasteiger partial charge >= 0.3 is 101 Å². The normalized spacial score (nSPS) is 14.1. The van der Waals surface area contributed by atoms with Gasteiger partial charge in [0.2, 0.25) is 0 Å². The molecule has 67 heavy (non-hydrogen) atoms. The number of unbranched alkanes of at least 4 members (excludes halogenated alkanes) is 1. The van der Waals surface area contributed by atoms with Crippen LogP contribution in [0.2, 0.25) is 0 Å². The smallest absolute Gasteiger partial charge is 0.256 e. The van der Waals surface area contributed by atoms with Crippen molar-refractivity contribution in [3.63, 3.8) is 0 Å². The second-order valence-corrected chi connectivity index (χ2v) is 58.8. The largest absolute Gasteiger partial charge is 0.404 e. The summed E-state index contributed by atoms with van der Waals surface area (Å²) in [6, 6.07) is 24.1. The number of hydrogen-bond donors (Lipinski definition) is 8. The van der Waals surface area contributed by atoms with E-state index in [2.05, 4.69) is 0 Å². The first kappa shape index (κ1) is 59.2. The van der Waals surface area contributed by atoms with Crippen molar-refractivity contribution in [2.75, 3.05) is 24.6 Å². The predicted molar refractivity (Wildman–Crippen MR) is 258 cm³/mol. The van der Waals surface area contributed by atoms with E-state index in [1.165, 1.54) is 72.8 Å². The van der Waals surface area contributed by atoms with Crippen LogP contribution >= 0.6 is 22.7 Å². The lowest BCUT2D eigenvalue weighted by Gasteiger charge is -2.22. The molecule has 4 aromatic rings. The summed E-state index contributed by atoms with van der Waals surface area (Å²) in [7, 11) is -43.8. The molecular formula is C31H42O24P4S8+4. The lowest BCUT2D eigenvalue weighted by atomic mass is 10.4. The van der Waals surface area contributed by atoms with Crippen LogP contribution in [0, 0.1) is 0 Å². The molecule has 0 aromatic heterocycles. The van der Waals surface area contributed by atoms with Crippen LogP contribution in [0.4, 0.5) is 0 Å². The van der Waals surface area contributed by atoms with Gasteiger partial charge in [-0.2, -0.15) is 67.3 Å². The Morgan fingerprint density at radius 3 is 0.507 bits per heavy atom. The second-order valence-electron chi connectivity index (χ2n) is 13.6. The molecule has 8 N–H and O–H groups in total. The molecule has 0 saturated heterocycles. The fourth-order valence-corrected chi connectivity index (χ4v) is 47.3. The van der Waals surface area contributed by atoms with E-state index < -0.39 is 166 Å². The Balaban J connectivity index is 0.000000355. The lowest BCUT2D eigenvalue weighted by molar-refractivity contribution is 0.491. The maximum Gasteiger partial charge on any atom is 0.404 e. The molecule has 0 aliphatic rings. The van der Waals surface area contributed by atoms with E-state index in [-0.39, 0.29) is 0 Å². The minimum atomic E-state index is -5.53. The Morgan fingerprint density at radius 2 is 0.373 bits per heavy atom. The van der Waals surface area contributed by atoms with E-state index in [0.717, 1.165) is 48.5 Å². The third-order valence-electron chi connectivity index (χ3n) is 9.64. The quantitative estimate of drug-likeness (QED) is 0.0338. The fraction of sp³-hybridized carbons (Fsp3) is 0.226. The molecule has 0 heterocycles. The molecule has 0 amide bonds. The van der Waals surface area contributed by atoms with Gasteiger partial charge in [-0.1, -0.05) is 72.8 Å². The second kappa shape index (κ2) is 21.3. The van der Waals surface area contributed by atoms with Crippen LogP contribution in [-0.2, 0) is 77.9 Å². The highest BCUT2D eigenvalue weighted by Gasteiger charge is 2.70. The predicted octanol–water partition coefficient (Wildman–Crippen LogP) is 2.94. The van der Waals surface area contributed by atoms with E-state index in [9.17, 15) is 104 Å². The van der Waals surface area contributed by atoms with Gasteiger partial charge in [-0.3, -0.25) is 36.4 Å². The van der Waals surface area contributed by atoms with Crippen LogP contribution in [0.5, 0.6) is 0 Å². The van der Waals surface area contributed by atoms with Crippen molar-refractivity contribution in [3.05, 3.63) is 121 Å². The molecule has 0 spiro atoms. The van der Waals surface area contributed by atoms with Crippen molar-refractivity contribution in [3.8, 4) is 0 Å². The maximum absolute atomic E-state index is 12.3. The number of rotatable bonds is 21. The molecule has 374 valence electrons. The number of hydrogen-bond acceptors (Lipinski definition) is 16. The van der Waals surface area contributed by atoms with E-state index >= 15 is 0 Å². The van der Waals surface area contributed by atoms with E-state index in [4.69, 9.17) is 0 Å². The van der Waals surface area contributed by atoms with Crippen molar-refractivity contribution < 1.29 is 104 Å². The summed E-state index contributed by atoms with van der Waals surface area (Å²) in [5.41, 5.74) is -19.6. The van der Waals surface area contributed by atoms with Gasteiger partial charge in [0.15, 0.2) is 0 Å². The summed E-state index contributed by atoms with van der Waals surface area (Å²) in [4.78, 5) is 0. The van der Waals surface area contributed by atoms with Crippen LogP contribution in [-0.4, -0.2) is 128 Å². The zero-order chi connectivity index (χ0) is 51.4. The van der Waals surface area contributed by atoms with Gasteiger partial charge in [0, 0.05) is 6.42 Å². The van der Waals surface area contributed by atoms with Crippen LogP contribution in [0.15, 0.2) is 121 Å². The first-order valence-electron chi connectivity index (χ1n) is 17.9. The highest BCUT2D eigenvalue weighted by molar-refractivity contribution is 8.90. The molecule has 0 saturated carbocycles. The van der Waals surface area contributed by atoms with Crippen molar-refractivity contribution in [1.82, 2.24) is 0 Å². The molecule has 0 unspecified atom stereocenters. The third-order valence-corrected chi connectivity index (χ3v) is 64.5. The summed E-state index contributed by atoms with van der Waals surface area (Å²) in [5.74, 6) is 0. The standard InChI is InChI=1S/C16H20O12P2S4.C15H18O12P2S4/c17-31(18,19)29(32(20,21)22,15-9-3-1-4-10-15)13-7-8-14-30(33(23,24)25,34(26,27)28)16-11-5-2-6-12-16;16-30(17,18)28(31(19,20)21,14-8-3-1-4-9-14)12-7-13-29(32(22,23)24,33(25,26)27)15-10-5-2-6-11-15/h1-6,9-12H,7-8,13-14H2,(H2-2,17,18,19,20,21,22,23,24,25,26,27,28);1-6,8-11H,7,12-13H2,(H2-2,16,17,18,19,20,21,22,23,24,25,26,27)/p+4. The molecule has 0 radical (unpaired) electrons. The number of benzene rings is 4. The monoisotopic (exact) mass is 1180 g/mol. The molecular weight excluding hydrogens is 1140 g/mol. The van der Waals surface area contributed by atoms with Crippen LogP contribution in [0.3, 0.4) is 0 Å². The van der Waals surface area contributed by atoms with Gasteiger partial charge in [0.1, 0.15) is 33.5 Å². The Bertz CT molecular complexity index is 2960. The van der Waals surface area contributed by atoms with E-state index in [1.807, 2.05) is 0 Å². The van der Waals surface area contributed by atoms with Crippen LogP contribution < -0.4 is 21.2 Å². The van der Waals surface area contributed by atoms with Gasteiger partial charge < -0.3 is 0 Å². The Morgan fingerprint density at radius 1 is 0.239 bits per heavy atom. The first-order chi connectivity index (χ1) is 30.3. The van der Waals surface area contributed by atoms with Gasteiger partial charge in [-0.25, -0.2) is 0 Å². The third kappa shape index (κ3) is 12.0. The summed E-state index contributed by atoms with van der Waals surface area (Å²) < 4.78 is 275. The lowest BCUT2D eigenvalue weighted by Crippen LogP contribution is -2.31. The molecule has 0 fully saturated rings. The average molecular weight is 1180 g/mol. The van der Waals surface area contributed by atoms with Gasteiger partial charge in [-0.15, -0.1) is 0 Å². The highest BCUT2D eigenvalue weighted by Crippen LogP contribution is 2.72. The molecule has 0 aliphatic heterocycles. The van der Waals surface area contributed by atoms with Gasteiger partial charge in [0.25, 0.3) is 0 Å². The molecule has 24 nitrogen and oxygen atoms in total. The summed E-state index contributed by atoms with van der Waals surface area (Å²) in [6.07, 6.45) is -5.86. The van der Waals surface area contributed by atoms with Crippen molar-refractivity contribution in [1.29, 1.82) is 0 Å². The Hall–Kier alpha value is -2.12. The van der Waals surface area contributed by atoms with E-state index in [0.29, 0.717) is 0 Å². The summed E-state index contributed by atoms with van der Waals surface area (Å²) in [6.45, 7) is 0. The summed E-state index contributed by atoms with van der Waals surface area (Å²) in [5, 5.41) is -1.77. The molecule has 0 aliphatic carbocycles. The highest BCUT2D eigenvalue weighted by atomic mass is 33.2. The molecule has 0 bridgehead atoms. The summed E-state index contributed by atoms with van der Waals surface area (Å²) >= 11 is 0. The molecule has 36 heteroatoms. The van der Waals surface area contributed by atoms with E-state index in [1.54, 1.807) is 0 Å². The molecule has 4 aromatic carbocycles. The minimum absolute atomic E-state index is 0.395. The van der Waals surface area contributed by atoms with Crippen molar-refractivity contribution >= 4 is 122 Å². The van der Waals surface area contributed by atoms with Gasteiger partial charge in [-0.05, 0) is 61.4 Å². The maximum atomic E-state index is 12.3. The van der Waals surface area contributed by atoms with Crippen LogP contribution in [0.25, 0.3) is 0 Å². The minimum Gasteiger partial charge on any atom is -0.256 e. The first-order valence-corrected chi connectivity index (χ1v) is 42.1. The SMILES string of the molecule is O=S(=O)(O)[P+](CCCC[P+](c1ccccc1)(S(=O)(=O)O)S(=O)(=O)O)(c1ccccc1)S(=O)(=O)O.O=S(=O)(O)[P+](CCC[P+](c1ccccc1)(S(=O)(=O)O)S(=O)(=O)O)(c1ccccc1)S(=O)(=O)O. The molecule has 4 rings (SSSR count). The van der Waals surface area contributed by atoms with Crippen molar-refractivity contribution in [2.24, 2.45) is 0 Å².